The zero-order valence-corrected chi connectivity index (χ0v) is 12.0. The fourth-order valence-corrected chi connectivity index (χ4v) is 2.35. The van der Waals surface area contributed by atoms with E-state index in [1.54, 1.807) is 0 Å². The predicted molar refractivity (Wildman–Crippen MR) is 76.2 cm³/mol. The van der Waals surface area contributed by atoms with Gasteiger partial charge in [-0.2, -0.15) is 0 Å². The summed E-state index contributed by atoms with van der Waals surface area (Å²) in [5, 5.41) is 3.47. The molecule has 96 valence electrons. The van der Waals surface area contributed by atoms with E-state index in [1.165, 1.54) is 24.0 Å². The minimum Gasteiger partial charge on any atom is -0.313 e. The number of benzene rings is 1. The van der Waals surface area contributed by atoms with Crippen molar-refractivity contribution in [2.75, 3.05) is 7.05 Å². The van der Waals surface area contributed by atoms with E-state index >= 15 is 0 Å². The molecule has 0 aliphatic carbocycles. The Balaban J connectivity index is 2.91. The van der Waals surface area contributed by atoms with Crippen molar-refractivity contribution < 1.29 is 0 Å². The van der Waals surface area contributed by atoms with Crippen molar-refractivity contribution in [3.63, 3.8) is 0 Å². The van der Waals surface area contributed by atoms with E-state index in [2.05, 4.69) is 64.3 Å². The molecule has 0 aliphatic heterocycles. The van der Waals surface area contributed by atoms with Crippen molar-refractivity contribution in [3.05, 3.63) is 35.4 Å². The average molecular weight is 233 g/mol. The normalized spacial score (nSPS) is 14.9. The lowest BCUT2D eigenvalue weighted by Crippen LogP contribution is -2.26. The van der Waals surface area contributed by atoms with E-state index in [1.807, 2.05) is 0 Å². The fourth-order valence-electron chi connectivity index (χ4n) is 2.35. The third-order valence-corrected chi connectivity index (χ3v) is 3.74. The molecule has 0 saturated heterocycles. The molecule has 0 spiro atoms. The van der Waals surface area contributed by atoms with Crippen LogP contribution in [0.3, 0.4) is 0 Å². The molecule has 0 bridgehead atoms. The summed E-state index contributed by atoms with van der Waals surface area (Å²) in [6.45, 7) is 9.16. The van der Waals surface area contributed by atoms with Gasteiger partial charge in [-0.1, -0.05) is 58.4 Å². The Morgan fingerprint density at radius 1 is 1.18 bits per heavy atom. The van der Waals surface area contributed by atoms with Gasteiger partial charge in [0.05, 0.1) is 0 Å². The fraction of sp³-hybridized carbons (Fsp3) is 0.625. The highest BCUT2D eigenvalue weighted by molar-refractivity contribution is 5.26. The topological polar surface area (TPSA) is 12.0 Å². The van der Waals surface area contributed by atoms with Crippen molar-refractivity contribution in [1.82, 2.24) is 5.32 Å². The van der Waals surface area contributed by atoms with E-state index in [0.29, 0.717) is 17.9 Å². The Morgan fingerprint density at radius 2 is 1.88 bits per heavy atom. The summed E-state index contributed by atoms with van der Waals surface area (Å²) in [5.41, 5.74) is 2.89. The summed E-state index contributed by atoms with van der Waals surface area (Å²) < 4.78 is 0. The second-order valence-corrected chi connectivity index (χ2v) is 5.36. The molecule has 0 saturated carbocycles. The molecule has 0 heterocycles. The number of nitrogens with one attached hydrogen (secondary N) is 1. The van der Waals surface area contributed by atoms with E-state index in [4.69, 9.17) is 0 Å². The van der Waals surface area contributed by atoms with Gasteiger partial charge >= 0.3 is 0 Å². The van der Waals surface area contributed by atoms with Gasteiger partial charge in [0.15, 0.2) is 0 Å². The highest BCUT2D eigenvalue weighted by Gasteiger charge is 2.20. The summed E-state index contributed by atoms with van der Waals surface area (Å²) in [6.07, 6.45) is 2.40. The van der Waals surface area contributed by atoms with Crippen molar-refractivity contribution >= 4 is 0 Å². The first-order chi connectivity index (χ1) is 8.10. The quantitative estimate of drug-likeness (QED) is 0.777. The molecule has 0 fully saturated rings. The van der Waals surface area contributed by atoms with Crippen molar-refractivity contribution in [1.29, 1.82) is 0 Å². The standard InChI is InChI=1S/C16H27N/c1-6-8-14-9-7-10-15(11-14)16(17-5)13(4)12(2)3/h7,9-13,16-17H,6,8H2,1-5H3. The van der Waals surface area contributed by atoms with Gasteiger partial charge in [-0.3, -0.25) is 0 Å². The minimum atomic E-state index is 0.465. The first-order valence-electron chi connectivity index (χ1n) is 6.86. The molecule has 2 unspecified atom stereocenters. The lowest BCUT2D eigenvalue weighted by atomic mass is 9.85. The first kappa shape index (κ1) is 14.2. The smallest absolute Gasteiger partial charge is 0.0346 e. The Kier molecular flexibility index (Phi) is 5.70. The van der Waals surface area contributed by atoms with E-state index in [9.17, 15) is 0 Å². The minimum absolute atomic E-state index is 0.465. The number of hydrogen-bond donors (Lipinski definition) is 1. The average Bonchev–Trinajstić information content (AvgIpc) is 2.30. The molecule has 2 atom stereocenters. The summed E-state index contributed by atoms with van der Waals surface area (Å²) >= 11 is 0. The van der Waals surface area contributed by atoms with Crippen molar-refractivity contribution in [3.8, 4) is 0 Å². The third kappa shape index (κ3) is 3.85. The zero-order valence-electron chi connectivity index (χ0n) is 12.0. The van der Waals surface area contributed by atoms with Gasteiger partial charge < -0.3 is 5.32 Å². The predicted octanol–water partition coefficient (Wildman–Crippen LogP) is 4.19. The summed E-state index contributed by atoms with van der Waals surface area (Å²) in [7, 11) is 2.07. The molecule has 1 rings (SSSR count). The SMILES string of the molecule is CCCc1cccc(C(NC)C(C)C(C)C)c1. The van der Waals surface area contributed by atoms with Crippen LogP contribution in [0.2, 0.25) is 0 Å². The molecule has 1 nitrogen and oxygen atoms in total. The van der Waals surface area contributed by atoms with Crippen LogP contribution in [0.4, 0.5) is 0 Å². The van der Waals surface area contributed by atoms with Crippen LogP contribution in [-0.4, -0.2) is 7.05 Å². The van der Waals surface area contributed by atoms with Gasteiger partial charge in [0.2, 0.25) is 0 Å². The Morgan fingerprint density at radius 3 is 2.41 bits per heavy atom. The maximum atomic E-state index is 3.47. The second kappa shape index (κ2) is 6.80. The van der Waals surface area contributed by atoms with Crippen LogP contribution in [0, 0.1) is 11.8 Å². The molecule has 0 amide bonds. The summed E-state index contributed by atoms with van der Waals surface area (Å²) in [6, 6.07) is 9.51. The molecule has 0 aliphatic rings. The van der Waals surface area contributed by atoms with Gasteiger partial charge in [0.25, 0.3) is 0 Å². The molecule has 1 heteroatoms. The Bertz CT molecular complexity index is 330. The van der Waals surface area contributed by atoms with Gasteiger partial charge in [0.1, 0.15) is 0 Å². The van der Waals surface area contributed by atoms with E-state index < -0.39 is 0 Å². The lowest BCUT2D eigenvalue weighted by Gasteiger charge is -2.27. The van der Waals surface area contributed by atoms with Crippen LogP contribution in [0.15, 0.2) is 24.3 Å². The second-order valence-electron chi connectivity index (χ2n) is 5.36. The maximum Gasteiger partial charge on any atom is 0.0346 e. The molecular weight excluding hydrogens is 206 g/mol. The highest BCUT2D eigenvalue weighted by Crippen LogP contribution is 2.28. The van der Waals surface area contributed by atoms with Crippen LogP contribution in [0.25, 0.3) is 0 Å². The van der Waals surface area contributed by atoms with Gasteiger partial charge in [0, 0.05) is 6.04 Å². The molecule has 0 aromatic heterocycles. The lowest BCUT2D eigenvalue weighted by molar-refractivity contribution is 0.317. The highest BCUT2D eigenvalue weighted by atomic mass is 14.9. The number of rotatable bonds is 6. The van der Waals surface area contributed by atoms with Gasteiger partial charge in [-0.05, 0) is 36.4 Å². The third-order valence-electron chi connectivity index (χ3n) is 3.74. The van der Waals surface area contributed by atoms with E-state index in [-0.39, 0.29) is 0 Å². The van der Waals surface area contributed by atoms with Crippen molar-refractivity contribution in [2.45, 2.75) is 46.6 Å². The molecule has 1 aromatic rings. The molecular formula is C16H27N. The first-order valence-corrected chi connectivity index (χ1v) is 6.86. The van der Waals surface area contributed by atoms with Crippen LogP contribution in [0.1, 0.15) is 51.3 Å². The molecule has 17 heavy (non-hydrogen) atoms. The van der Waals surface area contributed by atoms with Crippen LogP contribution >= 0.6 is 0 Å². The molecule has 0 radical (unpaired) electrons. The van der Waals surface area contributed by atoms with Crippen molar-refractivity contribution in [2.24, 2.45) is 11.8 Å². The van der Waals surface area contributed by atoms with Crippen LogP contribution in [0.5, 0.6) is 0 Å². The largest absolute Gasteiger partial charge is 0.313 e. The molecule has 1 aromatic carbocycles. The Labute approximate surface area is 107 Å². The summed E-state index contributed by atoms with van der Waals surface area (Å²) in [4.78, 5) is 0. The maximum absolute atomic E-state index is 3.47. The zero-order chi connectivity index (χ0) is 12.8. The van der Waals surface area contributed by atoms with Crippen LogP contribution in [-0.2, 0) is 6.42 Å². The monoisotopic (exact) mass is 233 g/mol. The molecule has 1 N–H and O–H groups in total. The summed E-state index contributed by atoms with van der Waals surface area (Å²) in [5.74, 6) is 1.35. The number of hydrogen-bond acceptors (Lipinski definition) is 1. The van der Waals surface area contributed by atoms with E-state index in [0.717, 1.165) is 0 Å². The van der Waals surface area contributed by atoms with Gasteiger partial charge in [-0.15, -0.1) is 0 Å². The Hall–Kier alpha value is -0.820. The number of aryl methyl sites for hydroxylation is 1. The van der Waals surface area contributed by atoms with Crippen LogP contribution < -0.4 is 5.32 Å². The van der Waals surface area contributed by atoms with Gasteiger partial charge in [-0.25, -0.2) is 0 Å².